The smallest absolute Gasteiger partial charge is 0.305 e. The van der Waals surface area contributed by atoms with E-state index < -0.39 is 10.9 Å². The van der Waals surface area contributed by atoms with E-state index in [1.807, 2.05) is 11.0 Å². The van der Waals surface area contributed by atoms with Crippen molar-refractivity contribution in [2.24, 2.45) is 0 Å². The molecule has 1 unspecified atom stereocenters. The molecule has 2 rings (SSSR count). The van der Waals surface area contributed by atoms with E-state index in [2.05, 4.69) is 0 Å². The third-order valence-electron chi connectivity index (χ3n) is 3.51. The molecule has 1 aliphatic rings. The van der Waals surface area contributed by atoms with Crippen LogP contribution in [-0.2, 0) is 4.79 Å². The van der Waals surface area contributed by atoms with Crippen molar-refractivity contribution in [3.63, 3.8) is 0 Å². The minimum Gasteiger partial charge on any atom is -0.481 e. The molecule has 1 aliphatic heterocycles. The monoisotopic (exact) mass is 264 g/mol. The lowest BCUT2D eigenvalue weighted by Crippen LogP contribution is -2.31. The minimum atomic E-state index is -0.835. The molecule has 6 heteroatoms. The van der Waals surface area contributed by atoms with E-state index in [-0.39, 0.29) is 18.2 Å². The van der Waals surface area contributed by atoms with Crippen LogP contribution in [0.2, 0.25) is 0 Å². The number of carboxylic acids is 1. The molecule has 0 amide bonds. The van der Waals surface area contributed by atoms with Crippen molar-refractivity contribution in [1.29, 1.82) is 0 Å². The zero-order chi connectivity index (χ0) is 14.0. The normalized spacial score (nSPS) is 18.6. The molecule has 0 saturated carbocycles. The molecule has 0 bridgehead atoms. The summed E-state index contributed by atoms with van der Waals surface area (Å²) in [6.45, 7) is 2.44. The Kier molecular flexibility index (Phi) is 3.69. The van der Waals surface area contributed by atoms with Crippen molar-refractivity contribution in [1.82, 2.24) is 0 Å². The Balaban J connectivity index is 2.28. The fraction of sp³-hybridized carbons (Fsp3) is 0.462. The van der Waals surface area contributed by atoms with Gasteiger partial charge in [0.15, 0.2) is 0 Å². The van der Waals surface area contributed by atoms with Gasteiger partial charge in [0.05, 0.1) is 11.3 Å². The first-order chi connectivity index (χ1) is 8.99. The van der Waals surface area contributed by atoms with Gasteiger partial charge < -0.3 is 10.0 Å². The molecule has 19 heavy (non-hydrogen) atoms. The Morgan fingerprint density at radius 2 is 2.32 bits per heavy atom. The molecule has 1 fully saturated rings. The quantitative estimate of drug-likeness (QED) is 0.666. The van der Waals surface area contributed by atoms with Crippen LogP contribution in [-0.4, -0.2) is 28.6 Å². The summed E-state index contributed by atoms with van der Waals surface area (Å²) in [6.07, 6.45) is 1.80. The Morgan fingerprint density at radius 1 is 1.58 bits per heavy atom. The number of aliphatic carboxylic acids is 1. The van der Waals surface area contributed by atoms with Crippen molar-refractivity contribution in [2.75, 3.05) is 11.4 Å². The van der Waals surface area contributed by atoms with Crippen LogP contribution in [0.4, 0.5) is 11.4 Å². The van der Waals surface area contributed by atoms with Crippen molar-refractivity contribution in [2.45, 2.75) is 32.2 Å². The highest BCUT2D eigenvalue weighted by molar-refractivity contribution is 5.69. The third-order valence-corrected chi connectivity index (χ3v) is 3.51. The molecule has 1 saturated heterocycles. The number of carboxylic acid groups (broad SMARTS) is 1. The minimum absolute atomic E-state index is 0.0696. The Hall–Kier alpha value is -2.11. The number of benzene rings is 1. The van der Waals surface area contributed by atoms with E-state index in [0.29, 0.717) is 5.56 Å². The molecule has 1 N–H and O–H groups in total. The molecule has 0 aromatic heterocycles. The lowest BCUT2D eigenvalue weighted by atomic mass is 10.1. The predicted molar refractivity (Wildman–Crippen MR) is 70.5 cm³/mol. The van der Waals surface area contributed by atoms with E-state index in [1.54, 1.807) is 13.0 Å². The van der Waals surface area contributed by atoms with Crippen molar-refractivity contribution < 1.29 is 14.8 Å². The Morgan fingerprint density at radius 3 is 2.95 bits per heavy atom. The number of hydrogen-bond donors (Lipinski definition) is 1. The first-order valence-corrected chi connectivity index (χ1v) is 6.22. The SMILES string of the molecule is Cc1ccc(N2CCCC2CC(=O)O)cc1[N+](=O)[O-]. The molecule has 0 spiro atoms. The van der Waals surface area contributed by atoms with Crippen molar-refractivity contribution in [3.05, 3.63) is 33.9 Å². The van der Waals surface area contributed by atoms with Gasteiger partial charge >= 0.3 is 5.97 Å². The summed E-state index contributed by atoms with van der Waals surface area (Å²) in [5.74, 6) is -0.835. The molecular weight excluding hydrogens is 248 g/mol. The standard InChI is InChI=1S/C13H16N2O4/c1-9-4-5-11(7-12(9)15(18)19)14-6-2-3-10(14)8-13(16)17/h4-5,7,10H,2-3,6,8H2,1H3,(H,16,17). The average molecular weight is 264 g/mol. The van der Waals surface area contributed by atoms with Crippen LogP contribution in [0.5, 0.6) is 0 Å². The molecule has 1 heterocycles. The third kappa shape index (κ3) is 2.83. The molecule has 0 aliphatic carbocycles. The number of carbonyl (C=O) groups is 1. The molecule has 102 valence electrons. The molecular formula is C13H16N2O4. The van der Waals surface area contributed by atoms with E-state index in [0.717, 1.165) is 25.1 Å². The van der Waals surface area contributed by atoms with Gasteiger partial charge in [0, 0.05) is 29.9 Å². The summed E-state index contributed by atoms with van der Waals surface area (Å²) in [5.41, 5.74) is 1.43. The second kappa shape index (κ2) is 5.26. The van der Waals surface area contributed by atoms with Crippen LogP contribution in [0.3, 0.4) is 0 Å². The number of anilines is 1. The summed E-state index contributed by atoms with van der Waals surface area (Å²) >= 11 is 0. The van der Waals surface area contributed by atoms with Gasteiger partial charge in [-0.15, -0.1) is 0 Å². The Labute approximate surface area is 110 Å². The number of hydrogen-bond acceptors (Lipinski definition) is 4. The summed E-state index contributed by atoms with van der Waals surface area (Å²) in [7, 11) is 0. The number of rotatable bonds is 4. The van der Waals surface area contributed by atoms with Gasteiger partial charge in [-0.3, -0.25) is 14.9 Å². The van der Waals surface area contributed by atoms with Crippen LogP contribution >= 0.6 is 0 Å². The van der Waals surface area contributed by atoms with Crippen molar-refractivity contribution in [3.8, 4) is 0 Å². The van der Waals surface area contributed by atoms with E-state index >= 15 is 0 Å². The number of nitro benzene ring substituents is 1. The second-order valence-corrected chi connectivity index (χ2v) is 4.82. The average Bonchev–Trinajstić information content (AvgIpc) is 2.76. The molecule has 1 aromatic rings. The first kappa shape index (κ1) is 13.3. The lowest BCUT2D eigenvalue weighted by molar-refractivity contribution is -0.385. The highest BCUT2D eigenvalue weighted by Crippen LogP contribution is 2.31. The summed E-state index contributed by atoms with van der Waals surface area (Å²) < 4.78 is 0. The fourth-order valence-electron chi connectivity index (χ4n) is 2.56. The van der Waals surface area contributed by atoms with Gasteiger partial charge in [0.1, 0.15) is 0 Å². The number of nitro groups is 1. The van der Waals surface area contributed by atoms with Gasteiger partial charge in [-0.25, -0.2) is 0 Å². The predicted octanol–water partition coefficient (Wildman–Crippen LogP) is 2.35. The summed E-state index contributed by atoms with van der Waals surface area (Å²) in [6, 6.07) is 5.00. The first-order valence-electron chi connectivity index (χ1n) is 6.22. The van der Waals surface area contributed by atoms with E-state index in [9.17, 15) is 14.9 Å². The van der Waals surface area contributed by atoms with Gasteiger partial charge in [-0.1, -0.05) is 6.07 Å². The highest BCUT2D eigenvalue weighted by atomic mass is 16.6. The highest BCUT2D eigenvalue weighted by Gasteiger charge is 2.28. The molecule has 1 atom stereocenters. The number of aryl methyl sites for hydroxylation is 1. The van der Waals surface area contributed by atoms with Crippen LogP contribution < -0.4 is 4.90 Å². The topological polar surface area (TPSA) is 83.7 Å². The van der Waals surface area contributed by atoms with Gasteiger partial charge in [-0.2, -0.15) is 0 Å². The van der Waals surface area contributed by atoms with E-state index in [1.165, 1.54) is 6.07 Å². The van der Waals surface area contributed by atoms with Gasteiger partial charge in [-0.05, 0) is 25.8 Å². The maximum atomic E-state index is 10.9. The lowest BCUT2D eigenvalue weighted by Gasteiger charge is -2.25. The van der Waals surface area contributed by atoms with Gasteiger partial charge in [0.25, 0.3) is 5.69 Å². The molecule has 1 aromatic carbocycles. The summed E-state index contributed by atoms with van der Waals surface area (Å²) in [5, 5.41) is 19.8. The Bertz CT molecular complexity index is 515. The second-order valence-electron chi connectivity index (χ2n) is 4.82. The van der Waals surface area contributed by atoms with E-state index in [4.69, 9.17) is 5.11 Å². The molecule has 6 nitrogen and oxygen atoms in total. The zero-order valence-corrected chi connectivity index (χ0v) is 10.7. The summed E-state index contributed by atoms with van der Waals surface area (Å²) in [4.78, 5) is 23.3. The zero-order valence-electron chi connectivity index (χ0n) is 10.7. The van der Waals surface area contributed by atoms with Crippen molar-refractivity contribution >= 4 is 17.3 Å². The van der Waals surface area contributed by atoms with Gasteiger partial charge in [0.2, 0.25) is 0 Å². The van der Waals surface area contributed by atoms with Crippen LogP contribution in [0.25, 0.3) is 0 Å². The fourth-order valence-corrected chi connectivity index (χ4v) is 2.56. The maximum Gasteiger partial charge on any atom is 0.305 e. The molecule has 0 radical (unpaired) electrons. The number of nitrogens with zero attached hydrogens (tertiary/aromatic N) is 2. The van der Waals surface area contributed by atoms with Crippen LogP contribution in [0, 0.1) is 17.0 Å². The maximum absolute atomic E-state index is 10.9. The van der Waals surface area contributed by atoms with Crippen LogP contribution in [0.1, 0.15) is 24.8 Å². The largest absolute Gasteiger partial charge is 0.481 e. The van der Waals surface area contributed by atoms with Crippen LogP contribution in [0.15, 0.2) is 18.2 Å².